The van der Waals surface area contributed by atoms with Crippen LogP contribution in [0.15, 0.2) is 18.0 Å². The summed E-state index contributed by atoms with van der Waals surface area (Å²) in [5.41, 5.74) is 8.62. The molecule has 1 unspecified atom stereocenters. The molecule has 2 aliphatic rings. The van der Waals surface area contributed by atoms with E-state index in [-0.39, 0.29) is 24.3 Å². The number of carbonyl (C=O) groups is 3. The molecule has 5 rings (SSSR count). The van der Waals surface area contributed by atoms with Gasteiger partial charge in [-0.05, 0) is 80.2 Å². The van der Waals surface area contributed by atoms with Gasteiger partial charge < -0.3 is 35.6 Å². The standard InChI is InChI=1S/C34H38N4O6/c1-7-19-15(3)22-11-24-17(5)31(21(33(41)42)9-10-30(39)40)28(37-24)14-29-32(34(43)44)18(6)25(38-29)13-27-20(8-2)16(4)23(36-27)12-26(19)35-22/h7,11-14,17,21,31,35-38H,1,8-10H2,2-6H3,(H,39,40)(H,41,42)(H,43,44)/t17-,21?,31-/m0/s1. The highest BCUT2D eigenvalue weighted by molar-refractivity contribution is 5.95. The Morgan fingerprint density at radius 2 is 1.50 bits per heavy atom. The molecule has 10 nitrogen and oxygen atoms in total. The van der Waals surface area contributed by atoms with Gasteiger partial charge in [0.2, 0.25) is 0 Å². The third-order valence-corrected chi connectivity index (χ3v) is 9.18. The van der Waals surface area contributed by atoms with Crippen molar-refractivity contribution in [1.29, 1.82) is 0 Å². The minimum atomic E-state index is -1.11. The molecule has 10 heteroatoms. The van der Waals surface area contributed by atoms with Crippen LogP contribution >= 0.6 is 0 Å². The highest BCUT2D eigenvalue weighted by Gasteiger charge is 2.42. The summed E-state index contributed by atoms with van der Waals surface area (Å²) in [6.45, 7) is 13.8. The summed E-state index contributed by atoms with van der Waals surface area (Å²) in [6, 6.07) is 0. The van der Waals surface area contributed by atoms with Crippen LogP contribution in [0, 0.1) is 38.5 Å². The van der Waals surface area contributed by atoms with E-state index in [1.54, 1.807) is 13.0 Å². The van der Waals surface area contributed by atoms with Gasteiger partial charge in [-0.15, -0.1) is 0 Å². The Kier molecular flexibility index (Phi) is 8.03. The molecule has 7 N–H and O–H groups in total. The van der Waals surface area contributed by atoms with Crippen LogP contribution < -0.4 is 16.0 Å². The molecule has 5 heterocycles. The van der Waals surface area contributed by atoms with E-state index in [9.17, 15) is 29.7 Å². The Morgan fingerprint density at radius 3 is 2.11 bits per heavy atom. The average Bonchev–Trinajstić information content (AvgIpc) is 3.62. The predicted molar refractivity (Wildman–Crippen MR) is 169 cm³/mol. The van der Waals surface area contributed by atoms with E-state index in [4.69, 9.17) is 0 Å². The molecule has 0 aromatic carbocycles. The molecule has 0 radical (unpaired) electrons. The number of fused-ring (bicyclic) bond motifs is 8. The van der Waals surface area contributed by atoms with Crippen LogP contribution in [0.3, 0.4) is 0 Å². The molecule has 0 spiro atoms. The van der Waals surface area contributed by atoms with Crippen molar-refractivity contribution in [2.24, 2.45) is 17.8 Å². The minimum absolute atomic E-state index is 0.0735. The summed E-state index contributed by atoms with van der Waals surface area (Å²) >= 11 is 0. The molecule has 0 aliphatic carbocycles. The third-order valence-electron chi connectivity index (χ3n) is 9.18. The maximum atomic E-state index is 12.6. The fourth-order valence-electron chi connectivity index (χ4n) is 6.77. The number of aromatic carboxylic acids is 1. The summed E-state index contributed by atoms with van der Waals surface area (Å²) < 4.78 is 0. The normalized spacial score (nSPS) is 17.9. The second-order valence-electron chi connectivity index (χ2n) is 11.7. The molecule has 3 aromatic heterocycles. The summed E-state index contributed by atoms with van der Waals surface area (Å²) in [6.07, 6.45) is 9.77. The van der Waals surface area contributed by atoms with Gasteiger partial charge in [-0.1, -0.05) is 26.5 Å². The van der Waals surface area contributed by atoms with Crippen LogP contribution in [-0.4, -0.2) is 48.2 Å². The van der Waals surface area contributed by atoms with Crippen molar-refractivity contribution in [3.8, 4) is 0 Å². The molecule has 44 heavy (non-hydrogen) atoms. The molecular formula is C34H38N4O6. The van der Waals surface area contributed by atoms with Crippen LogP contribution in [0.4, 0.5) is 0 Å². The van der Waals surface area contributed by atoms with Gasteiger partial charge in [0, 0.05) is 63.0 Å². The van der Waals surface area contributed by atoms with Gasteiger partial charge in [-0.3, -0.25) is 9.59 Å². The number of hydrogen-bond acceptors (Lipinski definition) is 4. The highest BCUT2D eigenvalue weighted by Crippen LogP contribution is 2.42. The quantitative estimate of drug-likeness (QED) is 0.203. The van der Waals surface area contributed by atoms with Crippen LogP contribution in [0.25, 0.3) is 30.4 Å². The van der Waals surface area contributed by atoms with Crippen LogP contribution in [0.2, 0.25) is 0 Å². The fraction of sp³-hybridized carbons (Fsp3) is 0.324. The zero-order chi connectivity index (χ0) is 32.0. The number of aliphatic carboxylic acids is 2. The largest absolute Gasteiger partial charge is 0.481 e. The predicted octanol–water partition coefficient (Wildman–Crippen LogP) is 4.27. The Morgan fingerprint density at radius 1 is 0.864 bits per heavy atom. The van der Waals surface area contributed by atoms with E-state index in [0.717, 1.165) is 56.5 Å². The molecule has 1 fully saturated rings. The zero-order valence-corrected chi connectivity index (χ0v) is 25.5. The van der Waals surface area contributed by atoms with Gasteiger partial charge in [0.25, 0.3) is 0 Å². The molecule has 230 valence electrons. The number of carboxylic acid groups (broad SMARTS) is 3. The summed E-state index contributed by atoms with van der Waals surface area (Å²) in [7, 11) is 0. The number of nitrogens with one attached hydrogen (secondary N) is 4. The fourth-order valence-corrected chi connectivity index (χ4v) is 6.77. The van der Waals surface area contributed by atoms with Crippen LogP contribution in [-0.2, 0) is 16.0 Å². The highest BCUT2D eigenvalue weighted by atomic mass is 16.4. The Balaban J connectivity index is 1.86. The first-order valence-electron chi connectivity index (χ1n) is 14.7. The van der Waals surface area contributed by atoms with Gasteiger partial charge in [-0.2, -0.15) is 0 Å². The first kappa shape index (κ1) is 30.5. The van der Waals surface area contributed by atoms with Crippen molar-refractivity contribution >= 4 is 48.3 Å². The molecule has 3 aromatic rings. The van der Waals surface area contributed by atoms with E-state index in [0.29, 0.717) is 22.6 Å². The number of hydrogen-bond donors (Lipinski definition) is 7. The van der Waals surface area contributed by atoms with Crippen molar-refractivity contribution in [2.75, 3.05) is 0 Å². The van der Waals surface area contributed by atoms with Crippen LogP contribution in [0.5, 0.6) is 0 Å². The van der Waals surface area contributed by atoms with E-state index < -0.39 is 29.7 Å². The lowest BCUT2D eigenvalue weighted by Crippen LogP contribution is -2.28. The second kappa shape index (κ2) is 11.6. The van der Waals surface area contributed by atoms with E-state index in [1.807, 2.05) is 38.2 Å². The Labute approximate surface area is 254 Å². The van der Waals surface area contributed by atoms with Crippen molar-refractivity contribution in [2.45, 2.75) is 53.9 Å². The molecule has 3 atom stereocenters. The van der Waals surface area contributed by atoms with E-state index >= 15 is 0 Å². The Hall–Kier alpha value is -4.99. The summed E-state index contributed by atoms with van der Waals surface area (Å²) in [5, 5.41) is 35.0. The number of carboxylic acids is 3. The maximum absolute atomic E-state index is 12.6. The number of allylic oxidation sites excluding steroid dienone is 2. The smallest absolute Gasteiger partial charge is 0.338 e. The molecule has 1 saturated heterocycles. The van der Waals surface area contributed by atoms with Gasteiger partial charge in [0.1, 0.15) is 0 Å². The number of aromatic nitrogens is 3. The molecule has 0 saturated carbocycles. The first-order chi connectivity index (χ1) is 20.9. The lowest BCUT2D eigenvalue weighted by molar-refractivity contribution is -0.144. The zero-order valence-electron chi connectivity index (χ0n) is 25.5. The van der Waals surface area contributed by atoms with E-state index in [2.05, 4.69) is 40.7 Å². The number of aromatic amines is 3. The van der Waals surface area contributed by atoms with E-state index in [1.165, 1.54) is 0 Å². The minimum Gasteiger partial charge on any atom is -0.481 e. The van der Waals surface area contributed by atoms with Crippen molar-refractivity contribution in [3.05, 3.63) is 84.8 Å². The van der Waals surface area contributed by atoms with Crippen molar-refractivity contribution < 1.29 is 29.7 Å². The Bertz CT molecular complexity index is 1900. The average molecular weight is 599 g/mol. The van der Waals surface area contributed by atoms with Gasteiger partial charge in [-0.25, -0.2) is 4.79 Å². The molecule has 8 bridgehead atoms. The maximum Gasteiger partial charge on any atom is 0.338 e. The topological polar surface area (TPSA) is 171 Å². The van der Waals surface area contributed by atoms with Gasteiger partial charge in [0.05, 0.1) is 17.2 Å². The van der Waals surface area contributed by atoms with Gasteiger partial charge in [0.15, 0.2) is 0 Å². The monoisotopic (exact) mass is 598 g/mol. The summed E-state index contributed by atoms with van der Waals surface area (Å²) in [4.78, 5) is 46.9. The van der Waals surface area contributed by atoms with Crippen molar-refractivity contribution in [1.82, 2.24) is 20.3 Å². The van der Waals surface area contributed by atoms with Gasteiger partial charge >= 0.3 is 17.9 Å². The lowest BCUT2D eigenvalue weighted by atomic mass is 9.79. The first-order valence-corrected chi connectivity index (χ1v) is 14.7. The number of rotatable bonds is 8. The lowest BCUT2D eigenvalue weighted by Gasteiger charge is -2.23. The summed E-state index contributed by atoms with van der Waals surface area (Å²) in [5.74, 6) is -5.29. The molecule has 2 aliphatic heterocycles. The third kappa shape index (κ3) is 5.21. The van der Waals surface area contributed by atoms with Crippen LogP contribution in [0.1, 0.15) is 87.6 Å². The second-order valence-corrected chi connectivity index (χ2v) is 11.7. The molecule has 0 amide bonds. The number of H-pyrrole nitrogens is 3. The molecular weight excluding hydrogens is 560 g/mol. The SMILES string of the molecule is C=Cc1c2[nH]c(c1C)C=C1NC(=Cc3[nH]c(c(C)c3C(=O)O)C=c3[nH]c(c(C)c3CC)=C2)[C@H](C(CCC(=O)O)C(=O)O)[C@H]1C. The van der Waals surface area contributed by atoms with Crippen molar-refractivity contribution in [3.63, 3.8) is 0 Å².